The molecule has 0 bridgehead atoms. The lowest BCUT2D eigenvalue weighted by atomic mass is 10.2. The minimum atomic E-state index is 0.534. The minimum absolute atomic E-state index is 0.534. The summed E-state index contributed by atoms with van der Waals surface area (Å²) in [6.07, 6.45) is 5.51. The van der Waals surface area contributed by atoms with Crippen molar-refractivity contribution in [2.24, 2.45) is 0 Å². The lowest BCUT2D eigenvalue weighted by Crippen LogP contribution is -2.32. The molecule has 1 aliphatic rings. The van der Waals surface area contributed by atoms with E-state index in [2.05, 4.69) is 22.2 Å². The van der Waals surface area contributed by atoms with Gasteiger partial charge in [-0.2, -0.15) is 0 Å². The highest BCUT2D eigenvalue weighted by Crippen LogP contribution is 2.25. The third-order valence-electron chi connectivity index (χ3n) is 3.32. The lowest BCUT2D eigenvalue weighted by molar-refractivity contribution is 0.200. The largest absolute Gasteiger partial charge is 0.294 e. The summed E-state index contributed by atoms with van der Waals surface area (Å²) in [5.74, 6) is 0.534. The molecule has 4 heteroatoms. The molecule has 1 heterocycles. The van der Waals surface area contributed by atoms with Crippen molar-refractivity contribution < 1.29 is 0 Å². The third kappa shape index (κ3) is 2.96. The van der Waals surface area contributed by atoms with E-state index < -0.39 is 0 Å². The molecule has 0 amide bonds. The smallest absolute Gasteiger partial charge is 0.107 e. The second-order valence-corrected chi connectivity index (χ2v) is 5.58. The van der Waals surface area contributed by atoms with Gasteiger partial charge in [0, 0.05) is 11.4 Å². The van der Waals surface area contributed by atoms with E-state index in [1.54, 1.807) is 11.3 Å². The topological polar surface area (TPSA) is 16.1 Å². The molecule has 1 saturated carbocycles. The van der Waals surface area contributed by atoms with Gasteiger partial charge in [-0.1, -0.05) is 19.8 Å². The maximum absolute atomic E-state index is 5.77. The summed E-state index contributed by atoms with van der Waals surface area (Å²) in [6, 6.07) is 0.786. The van der Waals surface area contributed by atoms with Crippen molar-refractivity contribution in [3.8, 4) is 0 Å². The SMILES string of the molecule is CCN(Cc1nc(CCl)cs1)C1CCCC1. The van der Waals surface area contributed by atoms with Gasteiger partial charge >= 0.3 is 0 Å². The van der Waals surface area contributed by atoms with E-state index >= 15 is 0 Å². The zero-order chi connectivity index (χ0) is 11.4. The molecule has 0 radical (unpaired) electrons. The molecule has 1 aromatic rings. The van der Waals surface area contributed by atoms with Gasteiger partial charge in [-0.25, -0.2) is 4.98 Å². The standard InChI is InChI=1S/C12H19ClN2S/c1-2-15(11-5-3-4-6-11)8-12-14-10(7-13)9-16-12/h9,11H,2-8H2,1H3. The second-order valence-electron chi connectivity index (χ2n) is 4.37. The predicted octanol–water partition coefficient (Wildman–Crippen LogP) is 3.65. The highest BCUT2D eigenvalue weighted by molar-refractivity contribution is 7.09. The van der Waals surface area contributed by atoms with Gasteiger partial charge in [0.1, 0.15) is 5.01 Å². The van der Waals surface area contributed by atoms with Crippen LogP contribution in [-0.2, 0) is 12.4 Å². The average Bonchev–Trinajstić information content (AvgIpc) is 2.96. The number of alkyl halides is 1. The zero-order valence-electron chi connectivity index (χ0n) is 9.79. The minimum Gasteiger partial charge on any atom is -0.294 e. The van der Waals surface area contributed by atoms with Crippen LogP contribution >= 0.6 is 22.9 Å². The number of thiazole rings is 1. The molecule has 0 atom stereocenters. The fourth-order valence-corrected chi connectivity index (χ4v) is 3.47. The Labute approximate surface area is 107 Å². The summed E-state index contributed by atoms with van der Waals surface area (Å²) in [5, 5.41) is 3.29. The molecule has 1 aliphatic carbocycles. The summed E-state index contributed by atoms with van der Waals surface area (Å²) >= 11 is 7.51. The molecule has 0 saturated heterocycles. The molecule has 16 heavy (non-hydrogen) atoms. The summed E-state index contributed by atoms with van der Waals surface area (Å²) < 4.78 is 0. The maximum atomic E-state index is 5.77. The van der Waals surface area contributed by atoms with Crippen molar-refractivity contribution in [1.29, 1.82) is 0 Å². The molecular weight excluding hydrogens is 240 g/mol. The van der Waals surface area contributed by atoms with Crippen molar-refractivity contribution in [2.75, 3.05) is 6.54 Å². The number of hydrogen-bond acceptors (Lipinski definition) is 3. The first-order chi connectivity index (χ1) is 7.83. The highest BCUT2D eigenvalue weighted by Gasteiger charge is 2.21. The van der Waals surface area contributed by atoms with Crippen molar-refractivity contribution in [3.63, 3.8) is 0 Å². The normalized spacial score (nSPS) is 17.4. The van der Waals surface area contributed by atoms with Crippen LogP contribution in [0.25, 0.3) is 0 Å². The van der Waals surface area contributed by atoms with Crippen molar-refractivity contribution in [3.05, 3.63) is 16.1 Å². The Morgan fingerprint density at radius 3 is 2.81 bits per heavy atom. The first kappa shape index (κ1) is 12.3. The highest BCUT2D eigenvalue weighted by atomic mass is 35.5. The van der Waals surface area contributed by atoms with E-state index in [0.29, 0.717) is 5.88 Å². The van der Waals surface area contributed by atoms with Gasteiger partial charge in [-0.3, -0.25) is 4.90 Å². The number of hydrogen-bond donors (Lipinski definition) is 0. The monoisotopic (exact) mass is 258 g/mol. The molecule has 0 spiro atoms. The van der Waals surface area contributed by atoms with Crippen LogP contribution in [0.1, 0.15) is 43.3 Å². The summed E-state index contributed by atoms with van der Waals surface area (Å²) in [7, 11) is 0. The van der Waals surface area contributed by atoms with E-state index in [1.807, 2.05) is 0 Å². The molecule has 0 aliphatic heterocycles. The quantitative estimate of drug-likeness (QED) is 0.750. The molecule has 2 nitrogen and oxygen atoms in total. The summed E-state index contributed by atoms with van der Waals surface area (Å²) in [4.78, 5) is 7.09. The van der Waals surface area contributed by atoms with Crippen LogP contribution in [0.3, 0.4) is 0 Å². The Hall–Kier alpha value is -0.120. The fraction of sp³-hybridized carbons (Fsp3) is 0.750. The third-order valence-corrected chi connectivity index (χ3v) is 4.48. The van der Waals surface area contributed by atoms with E-state index in [9.17, 15) is 0 Å². The number of nitrogens with zero attached hydrogens (tertiary/aromatic N) is 2. The fourth-order valence-electron chi connectivity index (χ4n) is 2.43. The van der Waals surface area contributed by atoms with Crippen LogP contribution in [0, 0.1) is 0 Å². The Kier molecular flexibility index (Phi) is 4.62. The van der Waals surface area contributed by atoms with Crippen LogP contribution in [0.15, 0.2) is 5.38 Å². The second kappa shape index (κ2) is 5.99. The summed E-state index contributed by atoms with van der Waals surface area (Å²) in [6.45, 7) is 4.37. The van der Waals surface area contributed by atoms with Crippen molar-refractivity contribution in [1.82, 2.24) is 9.88 Å². The molecular formula is C12H19ClN2S. The van der Waals surface area contributed by atoms with Gasteiger partial charge in [0.25, 0.3) is 0 Å². The van der Waals surface area contributed by atoms with E-state index in [-0.39, 0.29) is 0 Å². The van der Waals surface area contributed by atoms with Gasteiger partial charge in [0.05, 0.1) is 18.1 Å². The number of rotatable bonds is 5. The van der Waals surface area contributed by atoms with E-state index in [1.165, 1.54) is 30.7 Å². The molecule has 2 rings (SSSR count). The lowest BCUT2D eigenvalue weighted by Gasteiger charge is -2.26. The molecule has 90 valence electrons. The summed E-state index contributed by atoms with van der Waals surface area (Å²) in [5.41, 5.74) is 1.02. The van der Waals surface area contributed by atoms with Gasteiger partial charge < -0.3 is 0 Å². The van der Waals surface area contributed by atoms with Crippen LogP contribution in [-0.4, -0.2) is 22.5 Å². The molecule has 0 N–H and O–H groups in total. The van der Waals surface area contributed by atoms with Crippen LogP contribution < -0.4 is 0 Å². The predicted molar refractivity (Wildman–Crippen MR) is 70.0 cm³/mol. The van der Waals surface area contributed by atoms with Crippen LogP contribution in [0.5, 0.6) is 0 Å². The van der Waals surface area contributed by atoms with E-state index in [4.69, 9.17) is 11.6 Å². The first-order valence-electron chi connectivity index (χ1n) is 6.06. The Morgan fingerprint density at radius 1 is 1.50 bits per heavy atom. The molecule has 0 unspecified atom stereocenters. The Balaban J connectivity index is 1.94. The van der Waals surface area contributed by atoms with Crippen molar-refractivity contribution >= 4 is 22.9 Å². The van der Waals surface area contributed by atoms with Crippen LogP contribution in [0.4, 0.5) is 0 Å². The Bertz CT molecular complexity index is 321. The number of halogens is 1. The van der Waals surface area contributed by atoms with Gasteiger partial charge in [-0.15, -0.1) is 22.9 Å². The molecule has 1 aromatic heterocycles. The zero-order valence-corrected chi connectivity index (χ0v) is 11.4. The average molecular weight is 259 g/mol. The van der Waals surface area contributed by atoms with Gasteiger partial charge in [0.2, 0.25) is 0 Å². The molecule has 0 aromatic carbocycles. The van der Waals surface area contributed by atoms with Crippen LogP contribution in [0.2, 0.25) is 0 Å². The van der Waals surface area contributed by atoms with E-state index in [0.717, 1.165) is 24.8 Å². The molecule has 1 fully saturated rings. The van der Waals surface area contributed by atoms with Gasteiger partial charge in [0.15, 0.2) is 0 Å². The van der Waals surface area contributed by atoms with Crippen molar-refractivity contribution in [2.45, 2.75) is 51.1 Å². The first-order valence-corrected chi connectivity index (χ1v) is 7.48. The van der Waals surface area contributed by atoms with Gasteiger partial charge in [-0.05, 0) is 19.4 Å². The Morgan fingerprint density at radius 2 is 2.25 bits per heavy atom. The number of aromatic nitrogens is 1. The maximum Gasteiger partial charge on any atom is 0.107 e.